The first kappa shape index (κ1) is 13.9. The fourth-order valence-electron chi connectivity index (χ4n) is 1.81. The number of hydrogen-bond acceptors (Lipinski definition) is 3. The normalized spacial score (nSPS) is 10.1. The van der Waals surface area contributed by atoms with Gasteiger partial charge in [0.05, 0.1) is 13.5 Å². The van der Waals surface area contributed by atoms with Crippen molar-refractivity contribution in [3.8, 4) is 11.5 Å². The summed E-state index contributed by atoms with van der Waals surface area (Å²) in [5.74, 6) is 0.958. The number of phenols is 1. The average molecular weight is 271 g/mol. The number of methoxy groups -OCH3 is 1. The Morgan fingerprint density at radius 1 is 1.05 bits per heavy atom. The number of carbonyl (C=O) groups excluding carboxylic acids is 1. The Labute approximate surface area is 118 Å². The van der Waals surface area contributed by atoms with Gasteiger partial charge in [0.1, 0.15) is 11.5 Å². The van der Waals surface area contributed by atoms with Crippen LogP contribution >= 0.6 is 0 Å². The second-order valence-corrected chi connectivity index (χ2v) is 4.47. The smallest absolute Gasteiger partial charge is 0.224 e. The average Bonchev–Trinajstić information content (AvgIpc) is 2.47. The van der Waals surface area contributed by atoms with Crippen LogP contribution in [0.15, 0.2) is 48.5 Å². The van der Waals surface area contributed by atoms with Crippen LogP contribution in [-0.2, 0) is 17.8 Å². The molecule has 0 bridgehead atoms. The number of phenolic OH excluding ortho intramolecular Hbond substituents is 1. The molecule has 20 heavy (non-hydrogen) atoms. The molecule has 2 aromatic rings. The molecule has 0 atom stereocenters. The fourth-order valence-corrected chi connectivity index (χ4v) is 1.81. The summed E-state index contributed by atoms with van der Waals surface area (Å²) in [5.41, 5.74) is 1.89. The molecule has 0 heterocycles. The lowest BCUT2D eigenvalue weighted by Gasteiger charge is -2.06. The molecule has 4 heteroatoms. The Balaban J connectivity index is 1.84. The predicted molar refractivity (Wildman–Crippen MR) is 76.7 cm³/mol. The highest BCUT2D eigenvalue weighted by Crippen LogP contribution is 2.12. The predicted octanol–water partition coefficient (Wildman–Crippen LogP) is 2.26. The molecular formula is C16H17NO3. The van der Waals surface area contributed by atoms with E-state index in [1.807, 2.05) is 24.3 Å². The van der Waals surface area contributed by atoms with Gasteiger partial charge in [-0.25, -0.2) is 0 Å². The van der Waals surface area contributed by atoms with Gasteiger partial charge in [0.2, 0.25) is 5.91 Å². The Bertz CT molecular complexity index is 561. The SMILES string of the molecule is COc1ccc(CC(=O)NCc2ccc(O)cc2)cc1. The summed E-state index contributed by atoms with van der Waals surface area (Å²) in [6.45, 7) is 0.454. The van der Waals surface area contributed by atoms with Crippen molar-refractivity contribution in [3.63, 3.8) is 0 Å². The second kappa shape index (κ2) is 6.61. The molecule has 2 aromatic carbocycles. The van der Waals surface area contributed by atoms with Crippen molar-refractivity contribution in [2.24, 2.45) is 0 Å². The molecule has 0 aliphatic heterocycles. The molecule has 1 amide bonds. The Morgan fingerprint density at radius 3 is 2.25 bits per heavy atom. The number of carbonyl (C=O) groups is 1. The van der Waals surface area contributed by atoms with Crippen LogP contribution < -0.4 is 10.1 Å². The van der Waals surface area contributed by atoms with E-state index in [0.29, 0.717) is 13.0 Å². The summed E-state index contributed by atoms with van der Waals surface area (Å²) in [5, 5.41) is 12.0. The maximum absolute atomic E-state index is 11.8. The monoisotopic (exact) mass is 271 g/mol. The quantitative estimate of drug-likeness (QED) is 0.877. The molecule has 0 fully saturated rings. The van der Waals surface area contributed by atoms with E-state index in [1.54, 1.807) is 31.4 Å². The molecule has 0 saturated heterocycles. The minimum atomic E-state index is -0.0387. The minimum Gasteiger partial charge on any atom is -0.508 e. The number of nitrogens with one attached hydrogen (secondary N) is 1. The molecule has 0 aliphatic carbocycles. The van der Waals surface area contributed by atoms with Crippen LogP contribution in [0.4, 0.5) is 0 Å². The minimum absolute atomic E-state index is 0.0387. The summed E-state index contributed by atoms with van der Waals surface area (Å²) in [6.07, 6.45) is 0.335. The van der Waals surface area contributed by atoms with Crippen LogP contribution in [-0.4, -0.2) is 18.1 Å². The molecule has 2 N–H and O–H groups in total. The number of hydrogen-bond donors (Lipinski definition) is 2. The Morgan fingerprint density at radius 2 is 1.65 bits per heavy atom. The topological polar surface area (TPSA) is 58.6 Å². The highest BCUT2D eigenvalue weighted by atomic mass is 16.5. The van der Waals surface area contributed by atoms with Crippen molar-refractivity contribution in [3.05, 3.63) is 59.7 Å². The van der Waals surface area contributed by atoms with Gasteiger partial charge in [-0.3, -0.25) is 4.79 Å². The standard InChI is InChI=1S/C16H17NO3/c1-20-15-8-4-12(5-9-15)10-16(19)17-11-13-2-6-14(18)7-3-13/h2-9,18H,10-11H2,1H3,(H,17,19). The van der Waals surface area contributed by atoms with Crippen molar-refractivity contribution in [2.75, 3.05) is 7.11 Å². The van der Waals surface area contributed by atoms with Crippen molar-refractivity contribution in [1.29, 1.82) is 0 Å². The van der Waals surface area contributed by atoms with E-state index < -0.39 is 0 Å². The van der Waals surface area contributed by atoms with Crippen LogP contribution in [0.3, 0.4) is 0 Å². The molecule has 0 aromatic heterocycles. The number of benzene rings is 2. The van der Waals surface area contributed by atoms with Crippen molar-refractivity contribution >= 4 is 5.91 Å². The zero-order valence-electron chi connectivity index (χ0n) is 11.3. The fraction of sp³-hybridized carbons (Fsp3) is 0.188. The van der Waals surface area contributed by atoms with Gasteiger partial charge >= 0.3 is 0 Å². The van der Waals surface area contributed by atoms with E-state index >= 15 is 0 Å². The summed E-state index contributed by atoms with van der Waals surface area (Å²) in [4.78, 5) is 11.8. The third kappa shape index (κ3) is 4.02. The maximum Gasteiger partial charge on any atom is 0.224 e. The Kier molecular flexibility index (Phi) is 4.60. The van der Waals surface area contributed by atoms with E-state index in [1.165, 1.54) is 0 Å². The van der Waals surface area contributed by atoms with Crippen LogP contribution in [0.25, 0.3) is 0 Å². The van der Waals surface area contributed by atoms with Crippen molar-refractivity contribution in [1.82, 2.24) is 5.32 Å². The van der Waals surface area contributed by atoms with Gasteiger partial charge in [-0.05, 0) is 35.4 Å². The van der Waals surface area contributed by atoms with Gasteiger partial charge < -0.3 is 15.2 Å². The van der Waals surface area contributed by atoms with Crippen LogP contribution in [0, 0.1) is 0 Å². The highest BCUT2D eigenvalue weighted by Gasteiger charge is 2.03. The Hall–Kier alpha value is -2.49. The van der Waals surface area contributed by atoms with E-state index in [9.17, 15) is 9.90 Å². The molecule has 4 nitrogen and oxygen atoms in total. The lowest BCUT2D eigenvalue weighted by molar-refractivity contribution is -0.120. The van der Waals surface area contributed by atoms with Gasteiger partial charge in [0.25, 0.3) is 0 Å². The maximum atomic E-state index is 11.8. The number of aromatic hydroxyl groups is 1. The van der Waals surface area contributed by atoms with Gasteiger partial charge in [-0.1, -0.05) is 24.3 Å². The number of rotatable bonds is 5. The summed E-state index contributed by atoms with van der Waals surface area (Å²) in [6, 6.07) is 14.2. The lowest BCUT2D eigenvalue weighted by Crippen LogP contribution is -2.24. The van der Waals surface area contributed by atoms with Gasteiger partial charge in [-0.15, -0.1) is 0 Å². The van der Waals surface area contributed by atoms with Gasteiger partial charge in [0, 0.05) is 6.54 Å². The van der Waals surface area contributed by atoms with Crippen LogP contribution in [0.2, 0.25) is 0 Å². The highest BCUT2D eigenvalue weighted by molar-refractivity contribution is 5.78. The van der Waals surface area contributed by atoms with Gasteiger partial charge in [0.15, 0.2) is 0 Å². The number of ether oxygens (including phenoxy) is 1. The molecule has 0 saturated carbocycles. The first-order chi connectivity index (χ1) is 9.67. The van der Waals surface area contributed by atoms with Crippen molar-refractivity contribution in [2.45, 2.75) is 13.0 Å². The lowest BCUT2D eigenvalue weighted by atomic mass is 10.1. The summed E-state index contributed by atoms with van der Waals surface area (Å²) in [7, 11) is 1.61. The van der Waals surface area contributed by atoms with Gasteiger partial charge in [-0.2, -0.15) is 0 Å². The zero-order chi connectivity index (χ0) is 14.4. The first-order valence-electron chi connectivity index (χ1n) is 6.35. The summed E-state index contributed by atoms with van der Waals surface area (Å²) < 4.78 is 5.07. The van der Waals surface area contributed by atoms with Crippen LogP contribution in [0.5, 0.6) is 11.5 Å². The zero-order valence-corrected chi connectivity index (χ0v) is 11.3. The molecule has 0 spiro atoms. The van der Waals surface area contributed by atoms with E-state index in [2.05, 4.69) is 5.32 Å². The summed E-state index contributed by atoms with van der Waals surface area (Å²) >= 11 is 0. The number of amides is 1. The molecule has 0 unspecified atom stereocenters. The molecular weight excluding hydrogens is 254 g/mol. The third-order valence-corrected chi connectivity index (χ3v) is 2.95. The van der Waals surface area contributed by atoms with Crippen LogP contribution in [0.1, 0.15) is 11.1 Å². The molecule has 104 valence electrons. The molecule has 2 rings (SSSR count). The molecule has 0 radical (unpaired) electrons. The molecule has 0 aliphatic rings. The van der Waals surface area contributed by atoms with Crippen molar-refractivity contribution < 1.29 is 14.6 Å². The first-order valence-corrected chi connectivity index (χ1v) is 6.35. The second-order valence-electron chi connectivity index (χ2n) is 4.47. The van der Waals surface area contributed by atoms with E-state index in [0.717, 1.165) is 16.9 Å². The van der Waals surface area contributed by atoms with E-state index in [4.69, 9.17) is 4.74 Å². The third-order valence-electron chi connectivity index (χ3n) is 2.95. The largest absolute Gasteiger partial charge is 0.508 e. The van der Waals surface area contributed by atoms with E-state index in [-0.39, 0.29) is 11.7 Å².